The number of carbonyl (C=O) groups is 2. The molecule has 0 aromatic carbocycles. The van der Waals surface area contributed by atoms with Crippen molar-refractivity contribution < 1.29 is 9.59 Å². The van der Waals surface area contributed by atoms with Gasteiger partial charge in [-0.25, -0.2) is 0 Å². The molecule has 0 aliphatic heterocycles. The minimum Gasteiger partial charge on any atom is -0.291 e. The third-order valence-corrected chi connectivity index (χ3v) is 1.48. The third-order valence-electron chi connectivity index (χ3n) is 1.24. The highest BCUT2D eigenvalue weighted by Crippen LogP contribution is 2.07. The number of aromatic nitrogens is 1. The van der Waals surface area contributed by atoms with Gasteiger partial charge in [0.15, 0.2) is 0 Å². The maximum atomic E-state index is 11.2. The Morgan fingerprint density at radius 2 is 2.23 bits per heavy atom. The molecule has 1 aromatic rings. The smallest absolute Gasteiger partial charge is 0.276 e. The number of carbonyl (C=O) groups excluding carboxylic acids is 2. The molecule has 0 bridgehead atoms. The molecule has 1 aromatic heterocycles. The van der Waals surface area contributed by atoms with Crippen LogP contribution in [0.15, 0.2) is 18.3 Å². The van der Waals surface area contributed by atoms with Gasteiger partial charge in [-0.1, -0.05) is 11.6 Å². The molecule has 68 valence electrons. The molecule has 1 N–H and O–H groups in total. The summed E-state index contributed by atoms with van der Waals surface area (Å²) in [6, 6.07) is 2.94. The number of nitrogens with one attached hydrogen (secondary N) is 1. The van der Waals surface area contributed by atoms with E-state index in [0.717, 1.165) is 0 Å². The lowest BCUT2D eigenvalue weighted by molar-refractivity contribution is -0.118. The quantitative estimate of drug-likeness (QED) is 0.733. The largest absolute Gasteiger partial charge is 0.291 e. The van der Waals surface area contributed by atoms with Gasteiger partial charge in [-0.05, 0) is 12.1 Å². The highest BCUT2D eigenvalue weighted by atomic mass is 35.5. The van der Waals surface area contributed by atoms with Crippen molar-refractivity contribution >= 4 is 23.4 Å². The number of imide groups is 1. The molecule has 0 spiro atoms. The van der Waals surface area contributed by atoms with E-state index >= 15 is 0 Å². The summed E-state index contributed by atoms with van der Waals surface area (Å²) < 4.78 is 0. The number of pyridine rings is 1. The average molecular weight is 199 g/mol. The Labute approximate surface area is 79.9 Å². The Balaban J connectivity index is 2.83. The van der Waals surface area contributed by atoms with Gasteiger partial charge in [-0.2, -0.15) is 0 Å². The first-order valence-corrected chi connectivity index (χ1v) is 3.91. The molecule has 0 saturated heterocycles. The monoisotopic (exact) mass is 198 g/mol. The number of hydrogen-bond acceptors (Lipinski definition) is 3. The van der Waals surface area contributed by atoms with Crippen LogP contribution in [0.5, 0.6) is 0 Å². The maximum Gasteiger partial charge on any atom is 0.276 e. The van der Waals surface area contributed by atoms with Crippen molar-refractivity contribution in [3.63, 3.8) is 0 Å². The van der Waals surface area contributed by atoms with Gasteiger partial charge >= 0.3 is 0 Å². The van der Waals surface area contributed by atoms with Crippen molar-refractivity contribution in [1.82, 2.24) is 10.3 Å². The van der Waals surface area contributed by atoms with Crippen LogP contribution in [0.4, 0.5) is 0 Å². The molecule has 0 unspecified atom stereocenters. The molecule has 1 heterocycles. The standard InChI is InChI=1S/C8H7ClN2O2/c1-5(12)11-8(13)7-4-6(9)2-3-10-7/h2-4H,1H3,(H,11,12,13). The van der Waals surface area contributed by atoms with Crippen LogP contribution < -0.4 is 5.32 Å². The third kappa shape index (κ3) is 2.83. The van der Waals surface area contributed by atoms with E-state index in [0.29, 0.717) is 5.02 Å². The second kappa shape index (κ2) is 4.00. The molecule has 0 fully saturated rings. The predicted molar refractivity (Wildman–Crippen MR) is 47.4 cm³/mol. The summed E-state index contributed by atoms with van der Waals surface area (Å²) in [5.41, 5.74) is 0.128. The van der Waals surface area contributed by atoms with Gasteiger partial charge in [0.25, 0.3) is 5.91 Å². The lowest BCUT2D eigenvalue weighted by Crippen LogP contribution is -2.28. The van der Waals surface area contributed by atoms with E-state index < -0.39 is 11.8 Å². The highest BCUT2D eigenvalue weighted by Gasteiger charge is 2.08. The molecule has 13 heavy (non-hydrogen) atoms. The topological polar surface area (TPSA) is 59.1 Å². The highest BCUT2D eigenvalue weighted by molar-refractivity contribution is 6.30. The Morgan fingerprint density at radius 3 is 2.77 bits per heavy atom. The number of rotatable bonds is 1. The first-order chi connectivity index (χ1) is 6.09. The van der Waals surface area contributed by atoms with Crippen LogP contribution in [0, 0.1) is 0 Å². The van der Waals surface area contributed by atoms with Crippen molar-refractivity contribution in [1.29, 1.82) is 0 Å². The lowest BCUT2D eigenvalue weighted by Gasteiger charge is -1.99. The SMILES string of the molecule is CC(=O)NC(=O)c1cc(Cl)ccn1. The Bertz CT molecular complexity index is 352. The van der Waals surface area contributed by atoms with Crippen LogP contribution in [0.2, 0.25) is 5.02 Å². The normalized spacial score (nSPS) is 9.38. The van der Waals surface area contributed by atoms with Crippen LogP contribution in [-0.2, 0) is 4.79 Å². The molecule has 0 aliphatic carbocycles. The van der Waals surface area contributed by atoms with Crippen LogP contribution in [0.25, 0.3) is 0 Å². The summed E-state index contributed by atoms with van der Waals surface area (Å²) in [5.74, 6) is -0.971. The van der Waals surface area contributed by atoms with Gasteiger partial charge in [-0.3, -0.25) is 19.9 Å². The number of halogens is 1. The summed E-state index contributed by atoms with van der Waals surface area (Å²) in [6.45, 7) is 1.25. The first kappa shape index (κ1) is 9.67. The molecule has 0 atom stereocenters. The van der Waals surface area contributed by atoms with Crippen molar-refractivity contribution in [2.24, 2.45) is 0 Å². The van der Waals surface area contributed by atoms with Gasteiger partial charge in [0.1, 0.15) is 5.69 Å². The summed E-state index contributed by atoms with van der Waals surface area (Å²) in [5, 5.41) is 2.49. The van der Waals surface area contributed by atoms with Crippen molar-refractivity contribution in [3.05, 3.63) is 29.0 Å². The van der Waals surface area contributed by atoms with Crippen molar-refractivity contribution in [2.75, 3.05) is 0 Å². The number of amides is 2. The average Bonchev–Trinajstić information content (AvgIpc) is 2.03. The summed E-state index contributed by atoms with van der Waals surface area (Å²) in [6.07, 6.45) is 1.40. The van der Waals surface area contributed by atoms with Crippen molar-refractivity contribution in [3.8, 4) is 0 Å². The predicted octanol–water partition coefficient (Wildman–Crippen LogP) is 1.01. The molecule has 0 radical (unpaired) electrons. The molecule has 1 rings (SSSR count). The molecule has 5 heteroatoms. The molecule has 2 amide bonds. The second-order valence-electron chi connectivity index (χ2n) is 2.37. The van der Waals surface area contributed by atoms with E-state index in [9.17, 15) is 9.59 Å². The van der Waals surface area contributed by atoms with Gasteiger partial charge < -0.3 is 0 Å². The number of hydrogen-bond donors (Lipinski definition) is 1. The zero-order valence-corrected chi connectivity index (χ0v) is 7.63. The Hall–Kier alpha value is -1.42. The second-order valence-corrected chi connectivity index (χ2v) is 2.81. The van der Waals surface area contributed by atoms with Crippen LogP contribution >= 0.6 is 11.6 Å². The van der Waals surface area contributed by atoms with E-state index in [1.165, 1.54) is 19.2 Å². The number of nitrogens with zero attached hydrogens (tertiary/aromatic N) is 1. The fourth-order valence-corrected chi connectivity index (χ4v) is 0.913. The molecule has 0 aliphatic rings. The zero-order valence-electron chi connectivity index (χ0n) is 6.87. The molecule has 4 nitrogen and oxygen atoms in total. The Morgan fingerprint density at radius 1 is 1.54 bits per heavy atom. The molecular formula is C8H7ClN2O2. The molecular weight excluding hydrogens is 192 g/mol. The van der Waals surface area contributed by atoms with Crippen LogP contribution in [0.3, 0.4) is 0 Å². The van der Waals surface area contributed by atoms with Gasteiger partial charge in [0, 0.05) is 18.1 Å². The fourth-order valence-electron chi connectivity index (χ4n) is 0.753. The van der Waals surface area contributed by atoms with Crippen LogP contribution in [0.1, 0.15) is 17.4 Å². The van der Waals surface area contributed by atoms with E-state index in [1.54, 1.807) is 6.07 Å². The zero-order chi connectivity index (χ0) is 9.84. The van der Waals surface area contributed by atoms with Gasteiger partial charge in [0.2, 0.25) is 5.91 Å². The van der Waals surface area contributed by atoms with Gasteiger partial charge in [-0.15, -0.1) is 0 Å². The van der Waals surface area contributed by atoms with E-state index in [4.69, 9.17) is 11.6 Å². The lowest BCUT2D eigenvalue weighted by atomic mass is 10.3. The maximum absolute atomic E-state index is 11.2. The fraction of sp³-hybridized carbons (Fsp3) is 0.125. The first-order valence-electron chi connectivity index (χ1n) is 3.53. The minimum absolute atomic E-state index is 0.128. The van der Waals surface area contributed by atoms with E-state index in [1.807, 2.05) is 0 Å². The van der Waals surface area contributed by atoms with Gasteiger partial charge in [0.05, 0.1) is 0 Å². The van der Waals surface area contributed by atoms with Crippen LogP contribution in [-0.4, -0.2) is 16.8 Å². The van der Waals surface area contributed by atoms with Crippen molar-refractivity contribution in [2.45, 2.75) is 6.92 Å². The molecule has 0 saturated carbocycles. The van der Waals surface area contributed by atoms with E-state index in [2.05, 4.69) is 10.3 Å². The Kier molecular flexibility index (Phi) is 2.97. The minimum atomic E-state index is -0.546. The summed E-state index contributed by atoms with van der Waals surface area (Å²) in [4.78, 5) is 25.4. The van der Waals surface area contributed by atoms with E-state index in [-0.39, 0.29) is 5.69 Å². The summed E-state index contributed by atoms with van der Waals surface area (Å²) >= 11 is 5.62. The summed E-state index contributed by atoms with van der Waals surface area (Å²) in [7, 11) is 0.